The SMILES string of the molecule is CC(C)(C)OC(=O)NC1CCN(c2cc(Br)ccc2[N+](=O)[O-])C1. The van der Waals surface area contributed by atoms with E-state index in [1.807, 2.05) is 4.90 Å². The predicted molar refractivity (Wildman–Crippen MR) is 90.8 cm³/mol. The summed E-state index contributed by atoms with van der Waals surface area (Å²) in [5, 5.41) is 14.0. The number of hydrogen-bond donors (Lipinski definition) is 1. The fourth-order valence-electron chi connectivity index (χ4n) is 2.48. The first kappa shape index (κ1) is 17.5. The van der Waals surface area contributed by atoms with E-state index in [1.54, 1.807) is 32.9 Å². The minimum absolute atomic E-state index is 0.0612. The van der Waals surface area contributed by atoms with E-state index in [0.29, 0.717) is 25.2 Å². The quantitative estimate of drug-likeness (QED) is 0.635. The molecule has 1 aliphatic rings. The minimum Gasteiger partial charge on any atom is -0.444 e. The lowest BCUT2D eigenvalue weighted by Crippen LogP contribution is -2.40. The predicted octanol–water partition coefficient (Wildman–Crippen LogP) is 3.46. The number of nitrogens with zero attached hydrogens (tertiary/aromatic N) is 2. The molecule has 126 valence electrons. The molecular formula is C15H20BrN3O4. The highest BCUT2D eigenvalue weighted by atomic mass is 79.9. The van der Waals surface area contributed by atoms with Gasteiger partial charge in [-0.25, -0.2) is 4.79 Å². The highest BCUT2D eigenvalue weighted by Crippen LogP contribution is 2.33. The summed E-state index contributed by atoms with van der Waals surface area (Å²) in [6.45, 7) is 6.56. The van der Waals surface area contributed by atoms with Gasteiger partial charge in [0.25, 0.3) is 5.69 Å². The van der Waals surface area contributed by atoms with Gasteiger partial charge in [-0.3, -0.25) is 10.1 Å². The van der Waals surface area contributed by atoms with Crippen LogP contribution in [0.1, 0.15) is 27.2 Å². The van der Waals surface area contributed by atoms with Crippen molar-refractivity contribution >= 4 is 33.4 Å². The Labute approximate surface area is 143 Å². The van der Waals surface area contributed by atoms with E-state index in [9.17, 15) is 14.9 Å². The van der Waals surface area contributed by atoms with Crippen LogP contribution < -0.4 is 10.2 Å². The number of rotatable bonds is 3. The van der Waals surface area contributed by atoms with Gasteiger partial charge in [0.15, 0.2) is 0 Å². The average Bonchev–Trinajstić information content (AvgIpc) is 2.84. The molecular weight excluding hydrogens is 366 g/mol. The van der Waals surface area contributed by atoms with Crippen molar-refractivity contribution in [3.05, 3.63) is 32.8 Å². The summed E-state index contributed by atoms with van der Waals surface area (Å²) < 4.78 is 6.02. The first-order chi connectivity index (χ1) is 10.7. The van der Waals surface area contributed by atoms with Crippen LogP contribution in [0, 0.1) is 10.1 Å². The molecule has 23 heavy (non-hydrogen) atoms. The number of halogens is 1. The molecule has 1 saturated heterocycles. The van der Waals surface area contributed by atoms with E-state index in [0.717, 1.165) is 4.47 Å². The molecule has 0 aliphatic carbocycles. The highest BCUT2D eigenvalue weighted by Gasteiger charge is 2.29. The number of nitro benzene ring substituents is 1. The van der Waals surface area contributed by atoms with Crippen molar-refractivity contribution in [2.75, 3.05) is 18.0 Å². The van der Waals surface area contributed by atoms with Crippen molar-refractivity contribution in [2.24, 2.45) is 0 Å². The molecule has 1 amide bonds. The van der Waals surface area contributed by atoms with Gasteiger partial charge in [-0.2, -0.15) is 0 Å². The fraction of sp³-hybridized carbons (Fsp3) is 0.533. The van der Waals surface area contributed by atoms with Crippen LogP contribution in [-0.2, 0) is 4.74 Å². The summed E-state index contributed by atoms with van der Waals surface area (Å²) in [5.41, 5.74) is 0.0647. The molecule has 1 fully saturated rings. The van der Waals surface area contributed by atoms with Crippen molar-refractivity contribution in [1.82, 2.24) is 5.32 Å². The number of benzene rings is 1. The van der Waals surface area contributed by atoms with Crippen LogP contribution in [0.25, 0.3) is 0 Å². The standard InChI is InChI=1S/C15H20BrN3O4/c1-15(2,3)23-14(20)17-11-6-7-18(9-11)13-8-10(16)4-5-12(13)19(21)22/h4-5,8,11H,6-7,9H2,1-3H3,(H,17,20). The Morgan fingerprint density at radius 3 is 2.78 bits per heavy atom. The third-order valence-electron chi connectivity index (χ3n) is 3.38. The fourth-order valence-corrected chi connectivity index (χ4v) is 2.82. The first-order valence-corrected chi connectivity index (χ1v) is 8.13. The van der Waals surface area contributed by atoms with Crippen molar-refractivity contribution in [1.29, 1.82) is 0 Å². The summed E-state index contributed by atoms with van der Waals surface area (Å²) in [4.78, 5) is 24.5. The minimum atomic E-state index is -0.550. The van der Waals surface area contributed by atoms with Gasteiger partial charge in [-0.1, -0.05) is 15.9 Å². The maximum Gasteiger partial charge on any atom is 0.407 e. The second-order valence-electron chi connectivity index (χ2n) is 6.47. The highest BCUT2D eigenvalue weighted by molar-refractivity contribution is 9.10. The molecule has 1 atom stereocenters. The van der Waals surface area contributed by atoms with E-state index in [2.05, 4.69) is 21.2 Å². The number of nitro groups is 1. The second kappa shape index (κ2) is 6.74. The summed E-state index contributed by atoms with van der Waals surface area (Å²) >= 11 is 3.34. The second-order valence-corrected chi connectivity index (χ2v) is 7.38. The molecule has 7 nitrogen and oxygen atoms in total. The van der Waals surface area contributed by atoms with Crippen LogP contribution in [0.2, 0.25) is 0 Å². The molecule has 0 bridgehead atoms. The van der Waals surface area contributed by atoms with E-state index in [4.69, 9.17) is 4.74 Å². The molecule has 1 aliphatic heterocycles. The maximum atomic E-state index is 11.8. The summed E-state index contributed by atoms with van der Waals surface area (Å²) in [6, 6.07) is 4.76. The molecule has 1 aromatic rings. The Hall–Kier alpha value is -1.83. The first-order valence-electron chi connectivity index (χ1n) is 7.34. The lowest BCUT2D eigenvalue weighted by Gasteiger charge is -2.22. The normalized spacial score (nSPS) is 17.9. The number of anilines is 1. The van der Waals surface area contributed by atoms with Crippen LogP contribution in [0.15, 0.2) is 22.7 Å². The molecule has 0 spiro atoms. The topological polar surface area (TPSA) is 84.7 Å². The van der Waals surface area contributed by atoms with Gasteiger partial charge in [0, 0.05) is 23.6 Å². The Bertz CT molecular complexity index is 615. The van der Waals surface area contributed by atoms with Gasteiger partial charge in [0.2, 0.25) is 0 Å². The maximum absolute atomic E-state index is 11.8. The van der Waals surface area contributed by atoms with Gasteiger partial charge in [0.05, 0.1) is 11.0 Å². The largest absolute Gasteiger partial charge is 0.444 e. The number of nitrogens with one attached hydrogen (secondary N) is 1. The van der Waals surface area contributed by atoms with Crippen LogP contribution in [-0.4, -0.2) is 35.7 Å². The smallest absolute Gasteiger partial charge is 0.407 e. The third kappa shape index (κ3) is 4.82. The van der Waals surface area contributed by atoms with E-state index in [-0.39, 0.29) is 11.7 Å². The van der Waals surface area contributed by atoms with Crippen molar-refractivity contribution < 1.29 is 14.5 Å². The molecule has 2 rings (SSSR count). The van der Waals surface area contributed by atoms with Gasteiger partial charge in [-0.05, 0) is 39.3 Å². The number of ether oxygens (including phenoxy) is 1. The zero-order valence-electron chi connectivity index (χ0n) is 13.3. The molecule has 1 unspecified atom stereocenters. The lowest BCUT2D eigenvalue weighted by atomic mass is 10.2. The third-order valence-corrected chi connectivity index (χ3v) is 3.88. The zero-order chi connectivity index (χ0) is 17.2. The van der Waals surface area contributed by atoms with Gasteiger partial charge >= 0.3 is 6.09 Å². The summed E-state index contributed by atoms with van der Waals surface area (Å²) in [6.07, 6.45) is 0.246. The van der Waals surface area contributed by atoms with Gasteiger partial charge in [-0.15, -0.1) is 0 Å². The van der Waals surface area contributed by atoms with Crippen molar-refractivity contribution in [2.45, 2.75) is 38.8 Å². The number of carbonyl (C=O) groups is 1. The molecule has 0 radical (unpaired) electrons. The van der Waals surface area contributed by atoms with Crippen LogP contribution in [0.3, 0.4) is 0 Å². The Morgan fingerprint density at radius 1 is 1.48 bits per heavy atom. The van der Waals surface area contributed by atoms with E-state index in [1.165, 1.54) is 6.07 Å². The molecule has 0 aromatic heterocycles. The number of amides is 1. The Morgan fingerprint density at radius 2 is 2.17 bits per heavy atom. The van der Waals surface area contributed by atoms with E-state index >= 15 is 0 Å². The number of carbonyl (C=O) groups excluding carboxylic acids is 1. The lowest BCUT2D eigenvalue weighted by molar-refractivity contribution is -0.384. The number of hydrogen-bond acceptors (Lipinski definition) is 5. The monoisotopic (exact) mass is 385 g/mol. The molecule has 0 saturated carbocycles. The van der Waals surface area contributed by atoms with Gasteiger partial charge in [0.1, 0.15) is 11.3 Å². The van der Waals surface area contributed by atoms with Crippen LogP contribution in [0.5, 0.6) is 0 Å². The van der Waals surface area contributed by atoms with Gasteiger partial charge < -0.3 is 15.0 Å². The number of alkyl carbamates (subject to hydrolysis) is 1. The van der Waals surface area contributed by atoms with Crippen molar-refractivity contribution in [3.8, 4) is 0 Å². The summed E-state index contributed by atoms with van der Waals surface area (Å²) in [5.74, 6) is 0. The molecule has 1 aromatic carbocycles. The Balaban J connectivity index is 2.04. The average molecular weight is 386 g/mol. The van der Waals surface area contributed by atoms with E-state index < -0.39 is 16.6 Å². The Kier molecular flexibility index (Phi) is 5.13. The molecule has 1 N–H and O–H groups in total. The summed E-state index contributed by atoms with van der Waals surface area (Å²) in [7, 11) is 0. The van der Waals surface area contributed by atoms with Crippen molar-refractivity contribution in [3.63, 3.8) is 0 Å². The van der Waals surface area contributed by atoms with Crippen LogP contribution >= 0.6 is 15.9 Å². The molecule has 8 heteroatoms. The zero-order valence-corrected chi connectivity index (χ0v) is 14.9. The van der Waals surface area contributed by atoms with Crippen LogP contribution in [0.4, 0.5) is 16.2 Å². The molecule has 1 heterocycles.